The van der Waals surface area contributed by atoms with Crippen LogP contribution in [0.5, 0.6) is 0 Å². The van der Waals surface area contributed by atoms with E-state index in [1.54, 1.807) is 0 Å². The Balaban J connectivity index is 1.72. The molecule has 3 N–H and O–H groups in total. The van der Waals surface area contributed by atoms with E-state index in [4.69, 9.17) is 10.2 Å². The van der Waals surface area contributed by atoms with E-state index in [0.29, 0.717) is 12.1 Å². The van der Waals surface area contributed by atoms with Gasteiger partial charge in [-0.3, -0.25) is 0 Å². The minimum absolute atomic E-state index is 0.353. The number of nitrogens with two attached hydrogens (primary N) is 1. The van der Waals surface area contributed by atoms with Gasteiger partial charge in [-0.25, -0.2) is 0 Å². The van der Waals surface area contributed by atoms with Crippen molar-refractivity contribution in [3.63, 3.8) is 0 Å². The quantitative estimate of drug-likeness (QED) is 0.740. The van der Waals surface area contributed by atoms with E-state index in [9.17, 15) is 0 Å². The summed E-state index contributed by atoms with van der Waals surface area (Å²) in [6, 6.07) is 15.4. The molecule has 3 aromatic rings. The van der Waals surface area contributed by atoms with Gasteiger partial charge in [0.1, 0.15) is 11.2 Å². The number of nitrogens with one attached hydrogen (secondary N) is 1. The standard InChI is InChI=1S/C17H18N2O/c18-11-5-6-12(9-11)19-13-7-8-17-15(10-13)14-3-1-2-4-16(14)20-17/h1-4,7-8,10-12,19H,5-6,9,18H2. The molecule has 1 aliphatic rings. The smallest absolute Gasteiger partial charge is 0.135 e. The van der Waals surface area contributed by atoms with Crippen molar-refractivity contribution in [3.05, 3.63) is 42.5 Å². The number of hydrogen-bond donors (Lipinski definition) is 2. The first kappa shape index (κ1) is 11.8. The average Bonchev–Trinajstić information content (AvgIpc) is 3.02. The zero-order valence-electron chi connectivity index (χ0n) is 11.3. The van der Waals surface area contributed by atoms with E-state index >= 15 is 0 Å². The summed E-state index contributed by atoms with van der Waals surface area (Å²) in [4.78, 5) is 0. The molecule has 2 aromatic carbocycles. The topological polar surface area (TPSA) is 51.2 Å². The van der Waals surface area contributed by atoms with Crippen LogP contribution in [0.25, 0.3) is 21.9 Å². The maximum Gasteiger partial charge on any atom is 0.135 e. The zero-order chi connectivity index (χ0) is 13.5. The Morgan fingerprint density at radius 3 is 2.70 bits per heavy atom. The number of hydrogen-bond acceptors (Lipinski definition) is 3. The highest BCUT2D eigenvalue weighted by molar-refractivity contribution is 6.05. The summed E-state index contributed by atoms with van der Waals surface area (Å²) in [5.41, 5.74) is 9.02. The van der Waals surface area contributed by atoms with Gasteiger partial charge in [-0.15, -0.1) is 0 Å². The molecule has 1 aliphatic carbocycles. The summed E-state index contributed by atoms with van der Waals surface area (Å²) in [5, 5.41) is 5.95. The molecule has 0 aliphatic heterocycles. The predicted octanol–water partition coefficient (Wildman–Crippen LogP) is 3.88. The lowest BCUT2D eigenvalue weighted by Crippen LogP contribution is -2.20. The number of benzene rings is 2. The van der Waals surface area contributed by atoms with Crippen LogP contribution in [-0.2, 0) is 0 Å². The van der Waals surface area contributed by atoms with Crippen LogP contribution in [0.4, 0.5) is 5.69 Å². The average molecular weight is 266 g/mol. The van der Waals surface area contributed by atoms with Gasteiger partial charge in [-0.05, 0) is 43.5 Å². The Morgan fingerprint density at radius 2 is 1.85 bits per heavy atom. The van der Waals surface area contributed by atoms with Crippen LogP contribution in [-0.4, -0.2) is 12.1 Å². The summed E-state index contributed by atoms with van der Waals surface area (Å²) in [6.45, 7) is 0. The minimum atomic E-state index is 0.353. The van der Waals surface area contributed by atoms with Gasteiger partial charge in [-0.2, -0.15) is 0 Å². The fourth-order valence-electron chi connectivity index (χ4n) is 3.20. The normalized spacial score (nSPS) is 22.6. The fourth-order valence-corrected chi connectivity index (χ4v) is 3.20. The Labute approximate surface area is 117 Å². The molecule has 1 fully saturated rings. The van der Waals surface area contributed by atoms with Crippen molar-refractivity contribution in [3.8, 4) is 0 Å². The number of furan rings is 1. The van der Waals surface area contributed by atoms with Crippen LogP contribution in [0.3, 0.4) is 0 Å². The lowest BCUT2D eigenvalue weighted by atomic mass is 10.1. The van der Waals surface area contributed by atoms with Crippen molar-refractivity contribution in [2.24, 2.45) is 5.73 Å². The second-order valence-corrected chi connectivity index (χ2v) is 5.72. The molecule has 1 saturated carbocycles. The molecular formula is C17H18N2O. The third-order valence-corrected chi connectivity index (χ3v) is 4.22. The molecular weight excluding hydrogens is 248 g/mol. The lowest BCUT2D eigenvalue weighted by Gasteiger charge is -2.13. The highest BCUT2D eigenvalue weighted by Crippen LogP contribution is 2.31. The lowest BCUT2D eigenvalue weighted by molar-refractivity contribution is 0.668. The highest BCUT2D eigenvalue weighted by atomic mass is 16.3. The zero-order valence-corrected chi connectivity index (χ0v) is 11.3. The molecule has 2 atom stereocenters. The minimum Gasteiger partial charge on any atom is -0.456 e. The third kappa shape index (κ3) is 1.95. The Bertz CT molecular complexity index is 762. The second kappa shape index (κ2) is 4.53. The van der Waals surface area contributed by atoms with Gasteiger partial charge >= 0.3 is 0 Å². The third-order valence-electron chi connectivity index (χ3n) is 4.22. The van der Waals surface area contributed by atoms with Crippen LogP contribution in [0.2, 0.25) is 0 Å². The maximum atomic E-state index is 5.97. The molecule has 3 nitrogen and oxygen atoms in total. The summed E-state index contributed by atoms with van der Waals surface area (Å²) < 4.78 is 5.85. The van der Waals surface area contributed by atoms with E-state index in [-0.39, 0.29) is 0 Å². The van der Waals surface area contributed by atoms with Crippen LogP contribution in [0.15, 0.2) is 46.9 Å². The first-order chi connectivity index (χ1) is 9.79. The second-order valence-electron chi connectivity index (χ2n) is 5.72. The van der Waals surface area contributed by atoms with Crippen molar-refractivity contribution in [2.75, 3.05) is 5.32 Å². The molecule has 1 heterocycles. The highest BCUT2D eigenvalue weighted by Gasteiger charge is 2.21. The Hall–Kier alpha value is -2.00. The molecule has 20 heavy (non-hydrogen) atoms. The molecule has 2 unspecified atom stereocenters. The van der Waals surface area contributed by atoms with Crippen molar-refractivity contribution in [1.82, 2.24) is 0 Å². The SMILES string of the molecule is NC1CCC(Nc2ccc3oc4ccccc4c3c2)C1. The van der Waals surface area contributed by atoms with Gasteiger partial charge < -0.3 is 15.5 Å². The van der Waals surface area contributed by atoms with Crippen molar-refractivity contribution >= 4 is 27.6 Å². The van der Waals surface area contributed by atoms with Crippen LogP contribution < -0.4 is 11.1 Å². The molecule has 0 spiro atoms. The first-order valence-electron chi connectivity index (χ1n) is 7.23. The summed E-state index contributed by atoms with van der Waals surface area (Å²) in [7, 11) is 0. The predicted molar refractivity (Wildman–Crippen MR) is 83.0 cm³/mol. The van der Waals surface area contributed by atoms with Crippen molar-refractivity contribution in [1.29, 1.82) is 0 Å². The van der Waals surface area contributed by atoms with Crippen LogP contribution in [0, 0.1) is 0 Å². The molecule has 4 rings (SSSR count). The number of rotatable bonds is 2. The molecule has 0 amide bonds. The molecule has 0 radical (unpaired) electrons. The largest absolute Gasteiger partial charge is 0.456 e. The van der Waals surface area contributed by atoms with E-state index < -0.39 is 0 Å². The summed E-state index contributed by atoms with van der Waals surface area (Å²) in [6.07, 6.45) is 3.34. The van der Waals surface area contributed by atoms with Crippen molar-refractivity contribution < 1.29 is 4.42 Å². The monoisotopic (exact) mass is 266 g/mol. The molecule has 1 aromatic heterocycles. The number of para-hydroxylation sites is 1. The summed E-state index contributed by atoms with van der Waals surface area (Å²) >= 11 is 0. The van der Waals surface area contributed by atoms with Gasteiger partial charge in [0, 0.05) is 28.5 Å². The Morgan fingerprint density at radius 1 is 1.00 bits per heavy atom. The fraction of sp³-hybridized carbons (Fsp3) is 0.294. The van der Waals surface area contributed by atoms with Gasteiger partial charge in [0.05, 0.1) is 0 Å². The number of anilines is 1. The molecule has 102 valence electrons. The van der Waals surface area contributed by atoms with Gasteiger partial charge in [0.25, 0.3) is 0 Å². The van der Waals surface area contributed by atoms with E-state index in [1.807, 2.05) is 24.3 Å². The molecule has 0 saturated heterocycles. The van der Waals surface area contributed by atoms with Crippen molar-refractivity contribution in [2.45, 2.75) is 31.3 Å². The first-order valence-corrected chi connectivity index (χ1v) is 7.23. The maximum absolute atomic E-state index is 5.97. The number of fused-ring (bicyclic) bond motifs is 3. The van der Waals surface area contributed by atoms with Crippen LogP contribution in [0.1, 0.15) is 19.3 Å². The van der Waals surface area contributed by atoms with Gasteiger partial charge in [0.15, 0.2) is 0 Å². The van der Waals surface area contributed by atoms with Gasteiger partial charge in [0.2, 0.25) is 0 Å². The van der Waals surface area contributed by atoms with E-state index in [0.717, 1.165) is 36.1 Å². The molecule has 0 bridgehead atoms. The van der Waals surface area contributed by atoms with Crippen LogP contribution >= 0.6 is 0 Å². The van der Waals surface area contributed by atoms with E-state index in [1.165, 1.54) is 10.8 Å². The summed E-state index contributed by atoms with van der Waals surface area (Å²) in [5.74, 6) is 0. The molecule has 3 heteroatoms. The van der Waals surface area contributed by atoms with E-state index in [2.05, 4.69) is 23.5 Å². The van der Waals surface area contributed by atoms with Gasteiger partial charge in [-0.1, -0.05) is 18.2 Å². The Kier molecular flexibility index (Phi) is 2.67.